The first-order valence-corrected chi connectivity index (χ1v) is 6.53. The fourth-order valence-corrected chi connectivity index (χ4v) is 1.39. The molecule has 0 saturated heterocycles. The van der Waals surface area contributed by atoms with Gasteiger partial charge in [-0.15, -0.1) is 6.58 Å². The Morgan fingerprint density at radius 1 is 1.32 bits per heavy atom. The lowest BCUT2D eigenvalue weighted by molar-refractivity contribution is -0.108. The molecule has 3 nitrogen and oxygen atoms in total. The summed E-state index contributed by atoms with van der Waals surface area (Å²) >= 11 is 0. The van der Waals surface area contributed by atoms with Crippen LogP contribution in [0.25, 0.3) is 0 Å². The first-order valence-electron chi connectivity index (χ1n) is 6.53. The third kappa shape index (κ3) is 9.17. The van der Waals surface area contributed by atoms with Crippen LogP contribution in [-0.2, 0) is 11.2 Å². The topological polar surface area (TPSA) is 46.3 Å². The Morgan fingerprint density at radius 2 is 1.89 bits per heavy atom. The van der Waals surface area contributed by atoms with Gasteiger partial charge in [0.15, 0.2) is 0 Å². The molecule has 0 aliphatic rings. The molecule has 1 aromatic carbocycles. The Labute approximate surface area is 117 Å². The van der Waals surface area contributed by atoms with Gasteiger partial charge < -0.3 is 15.4 Å². The lowest BCUT2D eigenvalue weighted by atomic mass is 10.1. The van der Waals surface area contributed by atoms with E-state index in [2.05, 4.69) is 62.8 Å². The van der Waals surface area contributed by atoms with Crippen molar-refractivity contribution >= 4 is 6.29 Å². The Kier molecular flexibility index (Phi) is 9.67. The molecule has 0 aromatic heterocycles. The predicted octanol–water partition coefficient (Wildman–Crippen LogP) is 2.27. The number of carbonyl (C=O) groups is 1. The molecule has 0 bridgehead atoms. The van der Waals surface area contributed by atoms with Crippen molar-refractivity contribution in [2.24, 2.45) is 5.73 Å². The van der Waals surface area contributed by atoms with E-state index in [1.54, 1.807) is 6.08 Å². The molecule has 0 aliphatic carbocycles. The molecule has 0 amide bonds. The van der Waals surface area contributed by atoms with Crippen LogP contribution in [0.4, 0.5) is 0 Å². The van der Waals surface area contributed by atoms with Crippen molar-refractivity contribution in [2.45, 2.75) is 31.8 Å². The zero-order valence-corrected chi connectivity index (χ0v) is 12.3. The molecular formula is C16H26N2O. The average molecular weight is 262 g/mol. The van der Waals surface area contributed by atoms with Gasteiger partial charge in [0.2, 0.25) is 0 Å². The second-order valence-electron chi connectivity index (χ2n) is 4.83. The van der Waals surface area contributed by atoms with Crippen LogP contribution in [0.1, 0.15) is 18.9 Å². The molecule has 0 fully saturated rings. The van der Waals surface area contributed by atoms with Crippen LogP contribution in [0.5, 0.6) is 0 Å². The molecule has 0 heterocycles. The molecule has 0 radical (unpaired) electrons. The maximum absolute atomic E-state index is 9.72. The van der Waals surface area contributed by atoms with Crippen molar-refractivity contribution in [3.05, 3.63) is 48.6 Å². The third-order valence-electron chi connectivity index (χ3n) is 2.87. The summed E-state index contributed by atoms with van der Waals surface area (Å²) in [6.45, 7) is 5.65. The summed E-state index contributed by atoms with van der Waals surface area (Å²) in [5.41, 5.74) is 6.56. The lowest BCUT2D eigenvalue weighted by Gasteiger charge is -2.19. The molecule has 19 heavy (non-hydrogen) atoms. The van der Waals surface area contributed by atoms with Crippen LogP contribution in [0, 0.1) is 0 Å². The first-order chi connectivity index (χ1) is 9.01. The number of likely N-dealkylation sites (N-methyl/N-ethyl adjacent to an activating group) is 1. The van der Waals surface area contributed by atoms with E-state index in [0.717, 1.165) is 6.42 Å². The molecule has 0 spiro atoms. The standard InChI is InChI=1S/C11H17N.C5H9NO/c1-10(12(2)3)9-11-7-5-4-6-8-11;1-2-3-5(6)4-7/h4-8,10H,9H2,1-3H3;2,4-5H,1,3,6H2. The number of hydrogen-bond donors (Lipinski definition) is 1. The van der Waals surface area contributed by atoms with E-state index in [4.69, 9.17) is 5.73 Å². The zero-order valence-electron chi connectivity index (χ0n) is 12.3. The van der Waals surface area contributed by atoms with Gasteiger partial charge >= 0.3 is 0 Å². The average Bonchev–Trinajstić information content (AvgIpc) is 2.40. The fraction of sp³-hybridized carbons (Fsp3) is 0.438. The van der Waals surface area contributed by atoms with Crippen LogP contribution >= 0.6 is 0 Å². The van der Waals surface area contributed by atoms with Crippen LogP contribution in [-0.4, -0.2) is 37.4 Å². The van der Waals surface area contributed by atoms with E-state index in [1.165, 1.54) is 5.56 Å². The summed E-state index contributed by atoms with van der Waals surface area (Å²) in [5.74, 6) is 0. The molecule has 0 aliphatic heterocycles. The van der Waals surface area contributed by atoms with Crippen molar-refractivity contribution in [3.63, 3.8) is 0 Å². The summed E-state index contributed by atoms with van der Waals surface area (Å²) in [6, 6.07) is 10.9. The summed E-state index contributed by atoms with van der Waals surface area (Å²) in [6.07, 6.45) is 4.04. The van der Waals surface area contributed by atoms with E-state index in [1.807, 2.05) is 0 Å². The SMILES string of the molecule is C=CCC(N)C=O.CC(Cc1ccccc1)N(C)C. The Balaban J connectivity index is 0.000000399. The molecule has 2 unspecified atom stereocenters. The summed E-state index contributed by atoms with van der Waals surface area (Å²) in [4.78, 5) is 12.0. The van der Waals surface area contributed by atoms with Crippen molar-refractivity contribution in [3.8, 4) is 0 Å². The van der Waals surface area contributed by atoms with E-state index in [-0.39, 0.29) is 6.04 Å². The molecule has 2 atom stereocenters. The quantitative estimate of drug-likeness (QED) is 0.632. The van der Waals surface area contributed by atoms with Crippen molar-refractivity contribution in [1.82, 2.24) is 4.90 Å². The molecular weight excluding hydrogens is 236 g/mol. The van der Waals surface area contributed by atoms with Crippen LogP contribution < -0.4 is 5.73 Å². The Hall–Kier alpha value is -1.45. The van der Waals surface area contributed by atoms with Gasteiger partial charge in [-0.1, -0.05) is 36.4 Å². The monoisotopic (exact) mass is 262 g/mol. The molecule has 1 rings (SSSR count). The van der Waals surface area contributed by atoms with Crippen molar-refractivity contribution < 1.29 is 4.79 Å². The van der Waals surface area contributed by atoms with Gasteiger partial charge in [-0.3, -0.25) is 0 Å². The maximum Gasteiger partial charge on any atom is 0.136 e. The van der Waals surface area contributed by atoms with Gasteiger partial charge in [-0.05, 0) is 39.4 Å². The van der Waals surface area contributed by atoms with E-state index in [9.17, 15) is 4.79 Å². The molecule has 1 aromatic rings. The molecule has 0 saturated carbocycles. The van der Waals surface area contributed by atoms with Gasteiger partial charge in [-0.2, -0.15) is 0 Å². The molecule has 3 heteroatoms. The van der Waals surface area contributed by atoms with Gasteiger partial charge in [0, 0.05) is 6.04 Å². The largest absolute Gasteiger partial charge is 0.321 e. The van der Waals surface area contributed by atoms with Crippen molar-refractivity contribution in [1.29, 1.82) is 0 Å². The highest BCUT2D eigenvalue weighted by molar-refractivity contribution is 5.57. The third-order valence-corrected chi connectivity index (χ3v) is 2.87. The lowest BCUT2D eigenvalue weighted by Crippen LogP contribution is -2.26. The van der Waals surface area contributed by atoms with Gasteiger partial charge in [0.1, 0.15) is 6.29 Å². The number of rotatable bonds is 6. The minimum Gasteiger partial charge on any atom is -0.321 e. The number of aldehydes is 1. The first kappa shape index (κ1) is 17.6. The van der Waals surface area contributed by atoms with Crippen LogP contribution in [0.15, 0.2) is 43.0 Å². The minimum absolute atomic E-state index is 0.350. The number of nitrogens with two attached hydrogens (primary N) is 1. The normalized spacial score (nSPS) is 13.1. The number of carbonyl (C=O) groups excluding carboxylic acids is 1. The zero-order chi connectivity index (χ0) is 14.7. The molecule has 2 N–H and O–H groups in total. The number of hydrogen-bond acceptors (Lipinski definition) is 3. The second kappa shape index (κ2) is 10.5. The summed E-state index contributed by atoms with van der Waals surface area (Å²) in [7, 11) is 4.24. The van der Waals surface area contributed by atoms with E-state index >= 15 is 0 Å². The van der Waals surface area contributed by atoms with Gasteiger partial charge in [0.05, 0.1) is 6.04 Å². The minimum atomic E-state index is -0.350. The predicted molar refractivity (Wildman–Crippen MR) is 82.1 cm³/mol. The Bertz CT molecular complexity index is 349. The fourth-order valence-electron chi connectivity index (χ4n) is 1.39. The highest BCUT2D eigenvalue weighted by atomic mass is 16.1. The van der Waals surface area contributed by atoms with E-state index < -0.39 is 0 Å². The second-order valence-corrected chi connectivity index (χ2v) is 4.83. The van der Waals surface area contributed by atoms with Crippen LogP contribution in [0.3, 0.4) is 0 Å². The highest BCUT2D eigenvalue weighted by Crippen LogP contribution is 2.05. The van der Waals surface area contributed by atoms with Gasteiger partial charge in [-0.25, -0.2) is 0 Å². The number of nitrogens with zero attached hydrogens (tertiary/aromatic N) is 1. The van der Waals surface area contributed by atoms with Gasteiger partial charge in [0.25, 0.3) is 0 Å². The molecule has 106 valence electrons. The summed E-state index contributed by atoms with van der Waals surface area (Å²) < 4.78 is 0. The number of benzene rings is 1. The summed E-state index contributed by atoms with van der Waals surface area (Å²) in [5, 5.41) is 0. The van der Waals surface area contributed by atoms with Crippen molar-refractivity contribution in [2.75, 3.05) is 14.1 Å². The smallest absolute Gasteiger partial charge is 0.136 e. The van der Waals surface area contributed by atoms with Crippen LogP contribution in [0.2, 0.25) is 0 Å². The maximum atomic E-state index is 9.72. The highest BCUT2D eigenvalue weighted by Gasteiger charge is 2.04. The van der Waals surface area contributed by atoms with E-state index in [0.29, 0.717) is 18.7 Å². The Morgan fingerprint density at radius 3 is 2.26 bits per heavy atom.